The van der Waals surface area contributed by atoms with Crippen molar-refractivity contribution >= 4 is 68.3 Å². The normalized spacial score (nSPS) is 11.3. The third-order valence-corrected chi connectivity index (χ3v) is 5.42. The number of thiophene rings is 1. The third kappa shape index (κ3) is 3.57. The smallest absolute Gasteiger partial charge is 0.266 e. The molecule has 0 aliphatic carbocycles. The first kappa shape index (κ1) is 17.2. The Morgan fingerprint density at radius 1 is 1.21 bits per heavy atom. The number of nitrogens with zero attached hydrogens (tertiary/aromatic N) is 1. The van der Waals surface area contributed by atoms with E-state index in [4.69, 9.17) is 34.8 Å². The van der Waals surface area contributed by atoms with Crippen molar-refractivity contribution in [1.29, 1.82) is 0 Å². The third-order valence-electron chi connectivity index (χ3n) is 3.28. The van der Waals surface area contributed by atoms with Gasteiger partial charge in [0.05, 0.1) is 16.3 Å². The number of hydrogen-bond acceptors (Lipinski definition) is 3. The highest BCUT2D eigenvalue weighted by Gasteiger charge is 2.19. The second kappa shape index (κ2) is 7.11. The summed E-state index contributed by atoms with van der Waals surface area (Å²) in [6, 6.07) is 11.1. The summed E-state index contributed by atoms with van der Waals surface area (Å²) < 4.78 is 0.755. The van der Waals surface area contributed by atoms with Crippen LogP contribution in [0.2, 0.25) is 15.1 Å². The highest BCUT2D eigenvalue weighted by atomic mass is 35.5. The Kier molecular flexibility index (Phi) is 5.11. The van der Waals surface area contributed by atoms with Gasteiger partial charge in [0.2, 0.25) is 0 Å². The van der Waals surface area contributed by atoms with Crippen LogP contribution in [0.5, 0.6) is 0 Å². The first-order valence-electron chi connectivity index (χ1n) is 6.93. The summed E-state index contributed by atoms with van der Waals surface area (Å²) in [6.07, 6.45) is 1.58. The van der Waals surface area contributed by atoms with Gasteiger partial charge in [-0.3, -0.25) is 4.79 Å². The zero-order valence-corrected chi connectivity index (χ0v) is 15.5. The molecule has 3 nitrogen and oxygen atoms in total. The lowest BCUT2D eigenvalue weighted by Crippen LogP contribution is -2.16. The average Bonchev–Trinajstić information content (AvgIpc) is 2.84. The number of carbonyl (C=O) groups is 1. The zero-order valence-electron chi connectivity index (χ0n) is 12.4. The van der Waals surface area contributed by atoms with E-state index in [1.165, 1.54) is 11.3 Å². The molecule has 122 valence electrons. The van der Waals surface area contributed by atoms with Crippen LogP contribution in [0.4, 0.5) is 0 Å². The van der Waals surface area contributed by atoms with Gasteiger partial charge < -0.3 is 0 Å². The molecule has 7 heteroatoms. The Morgan fingerprint density at radius 2 is 2.00 bits per heavy atom. The number of nitrogens with one attached hydrogen (secondary N) is 1. The number of hydrogen-bond donors (Lipinski definition) is 1. The number of halogens is 3. The molecule has 0 unspecified atom stereocenters. The van der Waals surface area contributed by atoms with Crippen LogP contribution in [0.25, 0.3) is 10.1 Å². The Bertz CT molecular complexity index is 966. The highest BCUT2D eigenvalue weighted by Crippen LogP contribution is 2.41. The molecule has 2 aromatic carbocycles. The molecule has 0 atom stereocenters. The Hall–Kier alpha value is -1.59. The topological polar surface area (TPSA) is 41.5 Å². The van der Waals surface area contributed by atoms with Gasteiger partial charge in [0.25, 0.3) is 5.91 Å². The molecule has 1 heterocycles. The summed E-state index contributed by atoms with van der Waals surface area (Å²) in [4.78, 5) is 12.7. The lowest BCUT2D eigenvalue weighted by molar-refractivity contribution is 0.0959. The van der Waals surface area contributed by atoms with Gasteiger partial charge in [-0.1, -0.05) is 64.6 Å². The number of fused-ring (bicyclic) bond motifs is 1. The van der Waals surface area contributed by atoms with Crippen molar-refractivity contribution < 1.29 is 4.79 Å². The molecule has 0 fully saturated rings. The van der Waals surface area contributed by atoms with Crippen LogP contribution in [-0.2, 0) is 0 Å². The minimum atomic E-state index is -0.391. The summed E-state index contributed by atoms with van der Waals surface area (Å²) in [6.45, 7) is 1.99. The van der Waals surface area contributed by atoms with Gasteiger partial charge in [-0.15, -0.1) is 11.3 Å². The molecule has 1 N–H and O–H groups in total. The van der Waals surface area contributed by atoms with E-state index in [1.54, 1.807) is 18.3 Å². The maximum Gasteiger partial charge on any atom is 0.283 e. The van der Waals surface area contributed by atoms with Crippen molar-refractivity contribution in [2.24, 2.45) is 5.10 Å². The van der Waals surface area contributed by atoms with Gasteiger partial charge in [0.15, 0.2) is 0 Å². The summed E-state index contributed by atoms with van der Waals surface area (Å²) in [7, 11) is 0. The first-order valence-corrected chi connectivity index (χ1v) is 8.88. The molecule has 0 bridgehead atoms. The minimum absolute atomic E-state index is 0.305. The largest absolute Gasteiger partial charge is 0.283 e. The fourth-order valence-corrected chi connectivity index (χ4v) is 4.49. The van der Waals surface area contributed by atoms with Crippen LogP contribution >= 0.6 is 46.1 Å². The maximum atomic E-state index is 12.3. The second-order valence-corrected chi connectivity index (χ2v) is 7.39. The van der Waals surface area contributed by atoms with Crippen LogP contribution in [-0.4, -0.2) is 12.1 Å². The molecular formula is C17H11Cl3N2OS. The monoisotopic (exact) mass is 396 g/mol. The Labute approximate surface area is 157 Å². The summed E-state index contributed by atoms with van der Waals surface area (Å²) in [5.41, 5.74) is 4.49. The Morgan fingerprint density at radius 3 is 2.75 bits per heavy atom. The van der Waals surface area contributed by atoms with E-state index in [-0.39, 0.29) is 0 Å². The van der Waals surface area contributed by atoms with Crippen molar-refractivity contribution in [3.63, 3.8) is 0 Å². The first-order chi connectivity index (χ1) is 11.5. The fourth-order valence-electron chi connectivity index (χ4n) is 2.22. The van der Waals surface area contributed by atoms with Crippen molar-refractivity contribution in [2.75, 3.05) is 0 Å². The SMILES string of the molecule is Cc1cccc(/C=N/NC(=O)c2sc3cc(Cl)cc(Cl)c3c2Cl)c1. The van der Waals surface area contributed by atoms with Crippen LogP contribution in [0.15, 0.2) is 41.5 Å². The number of hydrazone groups is 1. The molecule has 0 radical (unpaired) electrons. The van der Waals surface area contributed by atoms with Crippen LogP contribution in [0, 0.1) is 6.92 Å². The van der Waals surface area contributed by atoms with Crippen molar-refractivity contribution in [3.8, 4) is 0 Å². The molecule has 0 aliphatic rings. The number of rotatable bonds is 3. The van der Waals surface area contributed by atoms with E-state index in [0.29, 0.717) is 25.3 Å². The van der Waals surface area contributed by atoms with Crippen LogP contribution in [0.3, 0.4) is 0 Å². The van der Waals surface area contributed by atoms with Crippen molar-refractivity contribution in [1.82, 2.24) is 5.43 Å². The number of aryl methyl sites for hydroxylation is 1. The standard InChI is InChI=1S/C17H11Cl3N2OS/c1-9-3-2-4-10(5-9)8-21-22-17(23)16-15(20)14-12(19)6-11(18)7-13(14)24-16/h2-8H,1H3,(H,22,23)/b21-8+. The van der Waals surface area contributed by atoms with Crippen molar-refractivity contribution in [3.05, 3.63) is 67.5 Å². The molecule has 0 saturated carbocycles. The summed E-state index contributed by atoms with van der Waals surface area (Å²) in [5.74, 6) is -0.391. The van der Waals surface area contributed by atoms with Gasteiger partial charge in [-0.05, 0) is 24.6 Å². The lowest BCUT2D eigenvalue weighted by Gasteiger charge is -1.98. The van der Waals surface area contributed by atoms with E-state index < -0.39 is 5.91 Å². The van der Waals surface area contributed by atoms with Gasteiger partial charge in [-0.2, -0.15) is 5.10 Å². The molecule has 3 rings (SSSR count). The molecular weight excluding hydrogens is 387 g/mol. The predicted molar refractivity (Wildman–Crippen MR) is 103 cm³/mol. The number of benzene rings is 2. The second-order valence-electron chi connectivity index (χ2n) is 5.12. The van der Waals surface area contributed by atoms with E-state index in [9.17, 15) is 4.79 Å². The van der Waals surface area contributed by atoms with Crippen molar-refractivity contribution in [2.45, 2.75) is 6.92 Å². The van der Waals surface area contributed by atoms with Gasteiger partial charge in [-0.25, -0.2) is 5.43 Å². The summed E-state index contributed by atoms with van der Waals surface area (Å²) >= 11 is 19.7. The minimum Gasteiger partial charge on any atom is -0.266 e. The van der Waals surface area contributed by atoms with Crippen LogP contribution < -0.4 is 5.43 Å². The lowest BCUT2D eigenvalue weighted by atomic mass is 10.2. The van der Waals surface area contributed by atoms with E-state index in [2.05, 4.69) is 10.5 Å². The molecule has 0 spiro atoms. The predicted octanol–water partition coefficient (Wildman–Crippen LogP) is 5.93. The molecule has 24 heavy (non-hydrogen) atoms. The number of carbonyl (C=O) groups excluding carboxylic acids is 1. The Balaban J connectivity index is 1.84. The van der Waals surface area contributed by atoms with Gasteiger partial charge in [0, 0.05) is 15.1 Å². The highest BCUT2D eigenvalue weighted by molar-refractivity contribution is 7.21. The average molecular weight is 398 g/mol. The molecule has 1 amide bonds. The molecule has 3 aromatic rings. The quantitative estimate of drug-likeness (QED) is 0.431. The molecule has 1 aromatic heterocycles. The van der Waals surface area contributed by atoms with Gasteiger partial charge in [0.1, 0.15) is 4.88 Å². The van der Waals surface area contributed by atoms with E-state index in [0.717, 1.165) is 15.8 Å². The zero-order chi connectivity index (χ0) is 17.3. The molecule has 0 saturated heterocycles. The van der Waals surface area contributed by atoms with E-state index in [1.807, 2.05) is 31.2 Å². The summed E-state index contributed by atoms with van der Waals surface area (Å²) in [5, 5.41) is 5.82. The maximum absolute atomic E-state index is 12.3. The molecule has 0 aliphatic heterocycles. The van der Waals surface area contributed by atoms with E-state index >= 15 is 0 Å². The van der Waals surface area contributed by atoms with Gasteiger partial charge >= 0.3 is 0 Å². The number of amides is 1. The fraction of sp³-hybridized carbons (Fsp3) is 0.0588. The van der Waals surface area contributed by atoms with Crippen LogP contribution in [0.1, 0.15) is 20.8 Å².